The van der Waals surface area contributed by atoms with E-state index in [1.54, 1.807) is 19.1 Å². The topological polar surface area (TPSA) is 34.1 Å². The predicted molar refractivity (Wildman–Crippen MR) is 104 cm³/mol. The third-order valence-electron chi connectivity index (χ3n) is 3.41. The second-order valence-electron chi connectivity index (χ2n) is 5.52. The molecule has 0 amide bonds. The van der Waals surface area contributed by atoms with E-state index >= 15 is 0 Å². The number of rotatable bonds is 5. The van der Waals surface area contributed by atoms with E-state index in [1.165, 1.54) is 24.3 Å². The lowest BCUT2D eigenvalue weighted by atomic mass is 9.99. The molecule has 0 aliphatic carbocycles. The summed E-state index contributed by atoms with van der Waals surface area (Å²) in [5.74, 6) is 0. The van der Waals surface area contributed by atoms with Gasteiger partial charge in [-0.15, -0.1) is 0 Å². The molecule has 0 atom stereocenters. The van der Waals surface area contributed by atoms with Gasteiger partial charge in [-0.2, -0.15) is 13.2 Å². The molecule has 2 nitrogen and oxygen atoms in total. The van der Waals surface area contributed by atoms with E-state index in [9.17, 15) is 22.8 Å². The summed E-state index contributed by atoms with van der Waals surface area (Å²) in [6, 6.07) is 9.98. The van der Waals surface area contributed by atoms with E-state index in [-0.39, 0.29) is 15.6 Å². The van der Waals surface area contributed by atoms with Crippen molar-refractivity contribution in [3.63, 3.8) is 0 Å². The number of alkyl halides is 3. The minimum absolute atomic E-state index is 0.000629. The first-order chi connectivity index (χ1) is 12.6. The van der Waals surface area contributed by atoms with Gasteiger partial charge < -0.3 is 0 Å². The van der Waals surface area contributed by atoms with E-state index in [4.69, 9.17) is 0 Å². The summed E-state index contributed by atoms with van der Waals surface area (Å²) in [6.07, 6.45) is -3.53. The first kappa shape index (κ1) is 21.1. The lowest BCUT2D eigenvalue weighted by Crippen LogP contribution is -2.07. The van der Waals surface area contributed by atoms with Crippen LogP contribution < -0.4 is 0 Å². The molecule has 2 rings (SSSR count). The van der Waals surface area contributed by atoms with E-state index in [0.29, 0.717) is 27.8 Å². The van der Waals surface area contributed by atoms with Crippen LogP contribution in [-0.2, 0) is 15.8 Å². The first-order valence-electron chi connectivity index (χ1n) is 7.65. The largest absolute Gasteiger partial charge is 0.417 e. The number of halogens is 3. The van der Waals surface area contributed by atoms with Gasteiger partial charge in [-0.1, -0.05) is 31.4 Å². The van der Waals surface area contributed by atoms with Crippen molar-refractivity contribution in [2.45, 2.75) is 22.9 Å². The third-order valence-corrected chi connectivity index (χ3v) is 5.31. The SMILES string of the molecule is C=CC(=O)Sc1ccc(-c2ccc(SC(=O)C(=C)C)cc2)c(C(F)(F)F)c1. The van der Waals surface area contributed by atoms with Crippen molar-refractivity contribution in [3.05, 3.63) is 72.8 Å². The number of hydrogen-bond donors (Lipinski definition) is 0. The van der Waals surface area contributed by atoms with Crippen LogP contribution >= 0.6 is 23.5 Å². The fraction of sp³-hybridized carbons (Fsp3) is 0.100. The van der Waals surface area contributed by atoms with Gasteiger partial charge in [0.05, 0.1) is 5.56 Å². The van der Waals surface area contributed by atoms with E-state index in [0.717, 1.165) is 23.9 Å². The average Bonchev–Trinajstić information content (AvgIpc) is 2.61. The summed E-state index contributed by atoms with van der Waals surface area (Å²) in [4.78, 5) is 23.9. The lowest BCUT2D eigenvalue weighted by molar-refractivity contribution is -0.137. The maximum Gasteiger partial charge on any atom is 0.417 e. The van der Waals surface area contributed by atoms with Crippen LogP contribution in [0, 0.1) is 0 Å². The van der Waals surface area contributed by atoms with Crippen LogP contribution in [-0.4, -0.2) is 10.2 Å². The second-order valence-corrected chi connectivity index (χ2v) is 7.65. The monoisotopic (exact) mass is 408 g/mol. The molecule has 0 bridgehead atoms. The third kappa shape index (κ3) is 5.61. The van der Waals surface area contributed by atoms with Crippen LogP contribution in [0.2, 0.25) is 0 Å². The Hall–Kier alpha value is -2.25. The van der Waals surface area contributed by atoms with Crippen LogP contribution in [0.4, 0.5) is 13.2 Å². The first-order valence-corrected chi connectivity index (χ1v) is 9.28. The fourth-order valence-electron chi connectivity index (χ4n) is 2.13. The van der Waals surface area contributed by atoms with Gasteiger partial charge in [0, 0.05) is 9.79 Å². The lowest BCUT2D eigenvalue weighted by Gasteiger charge is -2.14. The number of carbonyl (C=O) groups excluding carboxylic acids is 2. The Morgan fingerprint density at radius 2 is 1.59 bits per heavy atom. The minimum Gasteiger partial charge on any atom is -0.282 e. The minimum atomic E-state index is -4.58. The van der Waals surface area contributed by atoms with Crippen molar-refractivity contribution in [1.82, 2.24) is 0 Å². The maximum absolute atomic E-state index is 13.5. The summed E-state index contributed by atoms with van der Waals surface area (Å²) in [6.45, 7) is 8.46. The van der Waals surface area contributed by atoms with Gasteiger partial charge in [0.15, 0.2) is 0 Å². The summed E-state index contributed by atoms with van der Waals surface area (Å²) in [7, 11) is 0. The molecular formula is C20H15F3O2S2. The molecule has 140 valence electrons. The highest BCUT2D eigenvalue weighted by Gasteiger charge is 2.34. The normalized spacial score (nSPS) is 11.1. The maximum atomic E-state index is 13.5. The van der Waals surface area contributed by atoms with E-state index in [1.807, 2.05) is 0 Å². The van der Waals surface area contributed by atoms with Gasteiger partial charge in [0.2, 0.25) is 10.2 Å². The highest BCUT2D eigenvalue weighted by Crippen LogP contribution is 2.40. The van der Waals surface area contributed by atoms with Crippen LogP contribution in [0.5, 0.6) is 0 Å². The molecule has 7 heteroatoms. The van der Waals surface area contributed by atoms with E-state index in [2.05, 4.69) is 13.2 Å². The Kier molecular flexibility index (Phi) is 6.73. The number of carbonyl (C=O) groups is 2. The molecule has 0 aromatic heterocycles. The summed E-state index contributed by atoms with van der Waals surface area (Å²) in [5.41, 5.74) is -0.0740. The number of benzene rings is 2. The predicted octanol–water partition coefficient (Wildman–Crippen LogP) is 6.37. The van der Waals surface area contributed by atoms with Crippen molar-refractivity contribution >= 4 is 33.8 Å². The Balaban J connectivity index is 2.39. The summed E-state index contributed by atoms with van der Waals surface area (Å²) < 4.78 is 40.5. The molecule has 0 heterocycles. The van der Waals surface area contributed by atoms with Crippen LogP contribution in [0.25, 0.3) is 11.1 Å². The quantitative estimate of drug-likeness (QED) is 0.425. The van der Waals surface area contributed by atoms with Gasteiger partial charge in [0.25, 0.3) is 0 Å². The molecule has 0 unspecified atom stereocenters. The highest BCUT2D eigenvalue weighted by atomic mass is 32.2. The van der Waals surface area contributed by atoms with Crippen molar-refractivity contribution in [3.8, 4) is 11.1 Å². The zero-order chi connectivity index (χ0) is 20.2. The van der Waals surface area contributed by atoms with Crippen molar-refractivity contribution in [2.24, 2.45) is 0 Å². The zero-order valence-electron chi connectivity index (χ0n) is 14.3. The summed E-state index contributed by atoms with van der Waals surface area (Å²) in [5, 5.41) is -0.633. The number of thioether (sulfide) groups is 2. The standard InChI is InChI=1S/C20H15F3O2S2/c1-4-18(24)26-15-9-10-16(17(11-15)20(21,22)23)13-5-7-14(8-6-13)27-19(25)12(2)3/h4-11H,1-2H2,3H3. The molecule has 0 saturated carbocycles. The second kappa shape index (κ2) is 8.63. The Bertz CT molecular complexity index is 900. The smallest absolute Gasteiger partial charge is 0.282 e. The van der Waals surface area contributed by atoms with Crippen LogP contribution in [0.15, 0.2) is 77.1 Å². The van der Waals surface area contributed by atoms with Gasteiger partial charge >= 0.3 is 6.18 Å². The average molecular weight is 408 g/mol. The molecule has 0 radical (unpaired) electrons. The van der Waals surface area contributed by atoms with Crippen molar-refractivity contribution in [2.75, 3.05) is 0 Å². The van der Waals surface area contributed by atoms with E-state index < -0.39 is 16.9 Å². The van der Waals surface area contributed by atoms with Crippen LogP contribution in [0.1, 0.15) is 12.5 Å². The Morgan fingerprint density at radius 1 is 1.00 bits per heavy atom. The molecule has 0 N–H and O–H groups in total. The van der Waals surface area contributed by atoms with Gasteiger partial charge in [-0.3, -0.25) is 9.59 Å². The summed E-state index contributed by atoms with van der Waals surface area (Å²) >= 11 is 1.65. The highest BCUT2D eigenvalue weighted by molar-refractivity contribution is 8.14. The van der Waals surface area contributed by atoms with Gasteiger partial charge in [-0.05, 0) is 77.5 Å². The van der Waals surface area contributed by atoms with Crippen LogP contribution in [0.3, 0.4) is 0 Å². The molecule has 27 heavy (non-hydrogen) atoms. The molecule has 0 aliphatic heterocycles. The fourth-order valence-corrected chi connectivity index (χ4v) is 3.42. The molecule has 0 aliphatic rings. The molecule has 0 saturated heterocycles. The molecule has 0 fully saturated rings. The molecule has 2 aromatic rings. The zero-order valence-corrected chi connectivity index (χ0v) is 15.9. The molecular weight excluding hydrogens is 393 g/mol. The molecule has 0 spiro atoms. The van der Waals surface area contributed by atoms with Gasteiger partial charge in [-0.25, -0.2) is 0 Å². The Morgan fingerprint density at radius 3 is 2.11 bits per heavy atom. The Labute approximate surface area is 163 Å². The number of hydrogen-bond acceptors (Lipinski definition) is 4. The van der Waals surface area contributed by atoms with Crippen molar-refractivity contribution in [1.29, 1.82) is 0 Å². The van der Waals surface area contributed by atoms with Crippen molar-refractivity contribution < 1.29 is 22.8 Å². The molecule has 2 aromatic carbocycles. The van der Waals surface area contributed by atoms with Gasteiger partial charge in [0.1, 0.15) is 0 Å².